The Balaban J connectivity index is 2.18. The fourth-order valence-electron chi connectivity index (χ4n) is 2.09. The second-order valence-corrected chi connectivity index (χ2v) is 5.95. The topological polar surface area (TPSA) is 59.3 Å². The van der Waals surface area contributed by atoms with E-state index >= 15 is 0 Å². The van der Waals surface area contributed by atoms with Crippen molar-refractivity contribution in [3.8, 4) is 0 Å². The zero-order valence-electron chi connectivity index (χ0n) is 12.2. The van der Waals surface area contributed by atoms with Crippen molar-refractivity contribution in [2.45, 2.75) is 0 Å². The number of hydrogen-bond acceptors (Lipinski definition) is 4. The van der Waals surface area contributed by atoms with Gasteiger partial charge < -0.3 is 5.32 Å². The molecule has 0 aliphatic carbocycles. The van der Waals surface area contributed by atoms with Gasteiger partial charge in [-0.2, -0.15) is 9.78 Å². The number of alkyl halides is 1. The summed E-state index contributed by atoms with van der Waals surface area (Å²) in [5, 5.41) is 8.21. The van der Waals surface area contributed by atoms with Gasteiger partial charge in [-0.15, -0.1) is 11.6 Å². The maximum absolute atomic E-state index is 12.7. The average Bonchev–Trinajstić information content (AvgIpc) is 2.60. The van der Waals surface area contributed by atoms with Gasteiger partial charge in [0.1, 0.15) is 5.17 Å². The van der Waals surface area contributed by atoms with Crippen LogP contribution in [0.1, 0.15) is 0 Å². The molecule has 5 nitrogen and oxygen atoms in total. The molecule has 0 aliphatic heterocycles. The second-order valence-electron chi connectivity index (χ2n) is 4.81. The highest BCUT2D eigenvalue weighted by Crippen LogP contribution is 2.19. The predicted octanol–water partition coefficient (Wildman–Crippen LogP) is 4.43. The van der Waals surface area contributed by atoms with Gasteiger partial charge in [-0.05, 0) is 36.4 Å². The highest BCUT2D eigenvalue weighted by atomic mass is 35.5. The smallest absolute Gasteiger partial charge is 0.283 e. The minimum Gasteiger partial charge on any atom is -0.324 e. The summed E-state index contributed by atoms with van der Waals surface area (Å²) in [5.74, 6) is 0.214. The van der Waals surface area contributed by atoms with E-state index < -0.39 is 0 Å². The minimum absolute atomic E-state index is 0.0127. The third kappa shape index (κ3) is 3.53. The molecule has 24 heavy (non-hydrogen) atoms. The molecule has 0 saturated carbocycles. The van der Waals surface area contributed by atoms with E-state index in [1.165, 1.54) is 0 Å². The zero-order chi connectivity index (χ0) is 17.1. The molecule has 2 aromatic carbocycles. The molecular formula is C16H11Cl3N4O. The summed E-state index contributed by atoms with van der Waals surface area (Å²) < 4.78 is 1.10. The maximum atomic E-state index is 12.7. The highest BCUT2D eigenvalue weighted by Gasteiger charge is 2.11. The highest BCUT2D eigenvalue weighted by molar-refractivity contribution is 6.69. The second kappa shape index (κ2) is 7.21. The van der Waals surface area contributed by atoms with E-state index in [1.54, 1.807) is 48.5 Å². The summed E-state index contributed by atoms with van der Waals surface area (Å²) in [6.45, 7) is 0. The normalized spacial score (nSPS) is 11.7. The number of benzene rings is 2. The third-order valence-electron chi connectivity index (χ3n) is 3.17. The Morgan fingerprint density at radius 1 is 1.17 bits per heavy atom. The summed E-state index contributed by atoms with van der Waals surface area (Å²) in [5.41, 5.74) is 0.903. The number of anilines is 2. The molecule has 1 aromatic heterocycles. The molecule has 0 fully saturated rings. The predicted molar refractivity (Wildman–Crippen MR) is 100 cm³/mol. The summed E-state index contributed by atoms with van der Waals surface area (Å²) in [6.07, 6.45) is 0. The molecule has 0 saturated heterocycles. The molecule has 0 amide bonds. The Labute approximate surface area is 152 Å². The Morgan fingerprint density at radius 3 is 2.58 bits per heavy atom. The summed E-state index contributed by atoms with van der Waals surface area (Å²) in [4.78, 5) is 17.1. The number of rotatable bonds is 4. The van der Waals surface area contributed by atoms with E-state index in [2.05, 4.69) is 15.4 Å². The Morgan fingerprint density at radius 2 is 1.88 bits per heavy atom. The number of nitrogens with zero attached hydrogens (tertiary/aromatic N) is 3. The molecule has 0 unspecified atom stereocenters. The molecule has 0 atom stereocenters. The number of aromatic nitrogens is 2. The average molecular weight is 382 g/mol. The number of hydrogen-bond donors (Lipinski definition) is 1. The summed E-state index contributed by atoms with van der Waals surface area (Å²) >= 11 is 17.5. The van der Waals surface area contributed by atoms with Gasteiger partial charge in [0.15, 0.2) is 0 Å². The molecule has 1 heterocycles. The van der Waals surface area contributed by atoms with Gasteiger partial charge in [0.2, 0.25) is 5.95 Å². The minimum atomic E-state index is -0.347. The van der Waals surface area contributed by atoms with Crippen LogP contribution < -0.4 is 10.9 Å². The molecule has 0 spiro atoms. The van der Waals surface area contributed by atoms with Crippen LogP contribution in [0.2, 0.25) is 5.02 Å². The van der Waals surface area contributed by atoms with E-state index in [9.17, 15) is 4.79 Å². The van der Waals surface area contributed by atoms with Crippen LogP contribution in [-0.4, -0.2) is 20.7 Å². The van der Waals surface area contributed by atoms with Crippen molar-refractivity contribution >= 4 is 62.5 Å². The zero-order valence-corrected chi connectivity index (χ0v) is 14.5. The Hall–Kier alpha value is -2.08. The third-order valence-corrected chi connectivity index (χ3v) is 4.02. The van der Waals surface area contributed by atoms with Crippen molar-refractivity contribution < 1.29 is 0 Å². The monoisotopic (exact) mass is 380 g/mol. The van der Waals surface area contributed by atoms with Crippen molar-refractivity contribution in [2.75, 3.05) is 11.2 Å². The number of fused-ring (bicyclic) bond motifs is 1. The van der Waals surface area contributed by atoms with Crippen molar-refractivity contribution in [3.05, 3.63) is 63.9 Å². The molecule has 1 N–H and O–H groups in total. The molecule has 122 valence electrons. The van der Waals surface area contributed by atoms with E-state index in [-0.39, 0.29) is 22.6 Å². The Bertz CT molecular complexity index is 967. The van der Waals surface area contributed by atoms with Crippen LogP contribution in [0.3, 0.4) is 0 Å². The van der Waals surface area contributed by atoms with Crippen LogP contribution in [0.15, 0.2) is 58.4 Å². The molecule has 0 radical (unpaired) electrons. The fraction of sp³-hybridized carbons (Fsp3) is 0.0625. The van der Waals surface area contributed by atoms with Gasteiger partial charge >= 0.3 is 0 Å². The SMILES string of the molecule is O=c1c2ccccc2nc(Nc2ccc(Cl)cc2)n1/N=C(\Cl)CCl. The van der Waals surface area contributed by atoms with Crippen LogP contribution in [-0.2, 0) is 0 Å². The number of halogens is 3. The fourth-order valence-corrected chi connectivity index (χ4v) is 2.35. The van der Waals surface area contributed by atoms with Crippen LogP contribution in [0, 0.1) is 0 Å². The van der Waals surface area contributed by atoms with Crippen molar-refractivity contribution in [3.63, 3.8) is 0 Å². The van der Waals surface area contributed by atoms with Crippen LogP contribution in [0.25, 0.3) is 10.9 Å². The van der Waals surface area contributed by atoms with Crippen LogP contribution in [0.4, 0.5) is 11.6 Å². The lowest BCUT2D eigenvalue weighted by Gasteiger charge is -2.11. The van der Waals surface area contributed by atoms with E-state index in [4.69, 9.17) is 34.8 Å². The van der Waals surface area contributed by atoms with Gasteiger partial charge in [-0.3, -0.25) is 4.79 Å². The standard InChI is InChI=1S/C16H11Cl3N4O/c17-9-14(19)22-23-15(24)12-3-1-2-4-13(12)21-16(23)20-11-7-5-10(18)6-8-11/h1-8H,9H2,(H,20,21)/b22-14-. The molecule has 0 bridgehead atoms. The van der Waals surface area contributed by atoms with Crippen molar-refractivity contribution in [2.24, 2.45) is 5.10 Å². The maximum Gasteiger partial charge on any atom is 0.283 e. The lowest BCUT2D eigenvalue weighted by atomic mass is 10.2. The van der Waals surface area contributed by atoms with Crippen molar-refractivity contribution in [1.82, 2.24) is 9.66 Å². The molecule has 3 rings (SSSR count). The Kier molecular flexibility index (Phi) is 5.04. The van der Waals surface area contributed by atoms with Crippen molar-refractivity contribution in [1.29, 1.82) is 0 Å². The van der Waals surface area contributed by atoms with Gasteiger partial charge in [0.25, 0.3) is 5.56 Å². The first-order valence-electron chi connectivity index (χ1n) is 6.92. The van der Waals surface area contributed by atoms with Gasteiger partial charge in [0.05, 0.1) is 16.8 Å². The first-order chi connectivity index (χ1) is 11.6. The molecule has 3 aromatic rings. The largest absolute Gasteiger partial charge is 0.324 e. The van der Waals surface area contributed by atoms with Crippen LogP contribution >= 0.6 is 34.8 Å². The number of para-hydroxylation sites is 1. The summed E-state index contributed by atoms with van der Waals surface area (Å²) in [6, 6.07) is 14.0. The molecule has 8 heteroatoms. The summed E-state index contributed by atoms with van der Waals surface area (Å²) in [7, 11) is 0. The van der Waals surface area contributed by atoms with Gasteiger partial charge in [-0.1, -0.05) is 35.3 Å². The van der Waals surface area contributed by atoms with Crippen LogP contribution in [0.5, 0.6) is 0 Å². The van der Waals surface area contributed by atoms with E-state index in [0.717, 1.165) is 4.68 Å². The van der Waals surface area contributed by atoms with E-state index in [0.29, 0.717) is 21.6 Å². The van der Waals surface area contributed by atoms with E-state index in [1.807, 2.05) is 0 Å². The molecular weight excluding hydrogens is 371 g/mol. The quantitative estimate of drug-likeness (QED) is 0.537. The lowest BCUT2D eigenvalue weighted by molar-refractivity contribution is 0.828. The number of nitrogens with one attached hydrogen (secondary N) is 1. The first kappa shape index (κ1) is 16.8. The lowest BCUT2D eigenvalue weighted by Crippen LogP contribution is -2.22. The molecule has 0 aliphatic rings. The van der Waals surface area contributed by atoms with Gasteiger partial charge in [-0.25, -0.2) is 4.98 Å². The first-order valence-corrected chi connectivity index (χ1v) is 8.21. The van der Waals surface area contributed by atoms with Gasteiger partial charge in [0, 0.05) is 10.7 Å².